The summed E-state index contributed by atoms with van der Waals surface area (Å²) in [5, 5.41) is 18.3. The van der Waals surface area contributed by atoms with Gasteiger partial charge in [0.05, 0.1) is 16.1 Å². The van der Waals surface area contributed by atoms with Crippen molar-refractivity contribution in [3.8, 4) is 5.88 Å². The molecule has 0 spiro atoms. The molecule has 4 rings (SSSR count). The van der Waals surface area contributed by atoms with Crippen molar-refractivity contribution in [2.75, 3.05) is 10.8 Å². The number of amides is 1. The van der Waals surface area contributed by atoms with Gasteiger partial charge in [-0.2, -0.15) is 0 Å². The van der Waals surface area contributed by atoms with Crippen LogP contribution >= 0.6 is 15.9 Å². The van der Waals surface area contributed by atoms with Crippen LogP contribution in [-0.2, 0) is 14.8 Å². The third-order valence-electron chi connectivity index (χ3n) is 4.88. The zero-order chi connectivity index (χ0) is 23.6. The van der Waals surface area contributed by atoms with E-state index in [1.807, 2.05) is 13.0 Å². The minimum Gasteiger partial charge on any atom is -0.493 e. The lowest BCUT2D eigenvalue weighted by Gasteiger charge is -2.23. The predicted octanol–water partition coefficient (Wildman–Crippen LogP) is 5.45. The molecule has 10 heteroatoms. The first-order valence-corrected chi connectivity index (χ1v) is 12.1. The predicted molar refractivity (Wildman–Crippen MR) is 129 cm³/mol. The quantitative estimate of drug-likeness (QED) is 0.325. The van der Waals surface area contributed by atoms with E-state index in [0.717, 1.165) is 14.3 Å². The molecule has 0 saturated carbocycles. The maximum absolute atomic E-state index is 13.3. The van der Waals surface area contributed by atoms with Gasteiger partial charge in [0.1, 0.15) is 6.54 Å². The first kappa shape index (κ1) is 22.7. The Hall–Kier alpha value is -3.50. The van der Waals surface area contributed by atoms with E-state index in [1.165, 1.54) is 12.1 Å². The summed E-state index contributed by atoms with van der Waals surface area (Å²) in [6, 6.07) is 20.0. The lowest BCUT2D eigenvalue weighted by Crippen LogP contribution is -2.35. The summed E-state index contributed by atoms with van der Waals surface area (Å²) >= 11 is 3.36. The van der Waals surface area contributed by atoms with Gasteiger partial charge in [-0.1, -0.05) is 46.3 Å². The highest BCUT2D eigenvalue weighted by molar-refractivity contribution is 9.10. The number of hydrogen-bond acceptors (Lipinski definition) is 5. The Morgan fingerprint density at radius 3 is 2.55 bits per heavy atom. The normalized spacial score (nSPS) is 11.8. The van der Waals surface area contributed by atoms with Crippen molar-refractivity contribution in [1.29, 1.82) is 0 Å². The second kappa shape index (κ2) is 9.16. The third-order valence-corrected chi connectivity index (χ3v) is 7.16. The maximum Gasteiger partial charge on any atom is 0.285 e. The van der Waals surface area contributed by atoms with Crippen LogP contribution in [0.1, 0.15) is 5.56 Å². The molecule has 3 aromatic carbocycles. The average Bonchev–Trinajstić information content (AvgIpc) is 3.10. The molecular weight excluding hydrogens is 508 g/mol. The second-order valence-corrected chi connectivity index (χ2v) is 10.0. The molecule has 4 aromatic rings. The van der Waals surface area contributed by atoms with Gasteiger partial charge >= 0.3 is 0 Å². The van der Waals surface area contributed by atoms with Crippen molar-refractivity contribution in [3.63, 3.8) is 0 Å². The van der Waals surface area contributed by atoms with Crippen molar-refractivity contribution < 1.29 is 18.3 Å². The number of aromatic hydroxyl groups is 1. The van der Waals surface area contributed by atoms with Crippen LogP contribution in [-0.4, -0.2) is 31.0 Å². The molecule has 168 valence electrons. The van der Waals surface area contributed by atoms with Crippen LogP contribution in [0.2, 0.25) is 0 Å². The van der Waals surface area contributed by atoms with Crippen LogP contribution in [0.5, 0.6) is 5.88 Å². The van der Waals surface area contributed by atoms with E-state index in [1.54, 1.807) is 54.6 Å². The minimum absolute atomic E-state index is 0.0513. The number of carbonyl (C=O) groups is 1. The van der Waals surface area contributed by atoms with Crippen molar-refractivity contribution in [3.05, 3.63) is 82.8 Å². The molecule has 8 nitrogen and oxygen atoms in total. The number of carbonyl (C=O) groups excluding carboxylic acids is 1. The summed E-state index contributed by atoms with van der Waals surface area (Å²) in [7, 11) is -4.04. The summed E-state index contributed by atoms with van der Waals surface area (Å²) in [5.41, 5.74) is 1.88. The highest BCUT2D eigenvalue weighted by Crippen LogP contribution is 2.37. The van der Waals surface area contributed by atoms with Gasteiger partial charge in [-0.25, -0.2) is 8.42 Å². The second-order valence-electron chi connectivity index (χ2n) is 7.27. The Bertz CT molecular complexity index is 1470. The van der Waals surface area contributed by atoms with Crippen LogP contribution in [0.4, 0.5) is 11.4 Å². The zero-order valence-electron chi connectivity index (χ0n) is 17.4. The van der Waals surface area contributed by atoms with Crippen molar-refractivity contribution in [2.45, 2.75) is 11.8 Å². The molecule has 0 aliphatic carbocycles. The van der Waals surface area contributed by atoms with Gasteiger partial charge in [-0.3, -0.25) is 9.10 Å². The summed E-state index contributed by atoms with van der Waals surface area (Å²) in [6.07, 6.45) is 0. The van der Waals surface area contributed by atoms with Gasteiger partial charge in [0.25, 0.3) is 15.9 Å². The van der Waals surface area contributed by atoms with Crippen LogP contribution < -0.4 is 4.31 Å². The Balaban J connectivity index is 1.68. The molecule has 1 amide bonds. The zero-order valence-corrected chi connectivity index (χ0v) is 19.8. The number of benzene rings is 3. The number of aryl methyl sites for hydroxylation is 1. The summed E-state index contributed by atoms with van der Waals surface area (Å²) in [6.45, 7) is 1.27. The Morgan fingerprint density at radius 1 is 1.06 bits per heavy atom. The van der Waals surface area contributed by atoms with Gasteiger partial charge in [0.15, 0.2) is 5.69 Å². The fourth-order valence-corrected chi connectivity index (χ4v) is 5.10. The van der Waals surface area contributed by atoms with E-state index in [9.17, 15) is 18.3 Å². The maximum atomic E-state index is 13.3. The van der Waals surface area contributed by atoms with Crippen molar-refractivity contribution >= 4 is 54.1 Å². The number of anilines is 1. The molecule has 1 heterocycles. The fourth-order valence-electron chi connectivity index (χ4n) is 3.32. The molecule has 2 N–H and O–H groups in total. The number of sulfonamides is 1. The smallest absolute Gasteiger partial charge is 0.285 e. The molecule has 0 aliphatic heterocycles. The highest BCUT2D eigenvalue weighted by Gasteiger charge is 2.27. The number of fused-ring (bicyclic) bond motifs is 1. The van der Waals surface area contributed by atoms with Crippen molar-refractivity contribution in [2.24, 2.45) is 10.2 Å². The fraction of sp³-hybridized carbons (Fsp3) is 0.0870. The average molecular weight is 527 g/mol. The topological polar surface area (TPSA) is 115 Å². The first-order chi connectivity index (χ1) is 15.8. The molecule has 0 atom stereocenters. The van der Waals surface area contributed by atoms with Gasteiger partial charge in [0, 0.05) is 9.86 Å². The molecule has 0 bridgehead atoms. The molecule has 33 heavy (non-hydrogen) atoms. The standard InChI is InChI=1S/C23H19BrN4O4S/c1-15-6-5-7-17(12-15)28(33(31,32)18-8-3-2-4-9-18)14-21(29)26-27-22-19-13-16(24)10-11-20(19)25-23(22)30/h2-13,25,30H,14H2,1H3. The molecular formula is C23H19BrN4O4S. The van der Waals surface area contributed by atoms with Gasteiger partial charge in [-0.05, 0) is 55.0 Å². The van der Waals surface area contributed by atoms with Crippen molar-refractivity contribution in [1.82, 2.24) is 4.98 Å². The Labute approximate surface area is 198 Å². The van der Waals surface area contributed by atoms with Gasteiger partial charge in [0.2, 0.25) is 5.88 Å². The van der Waals surface area contributed by atoms with Crippen LogP contribution in [0, 0.1) is 6.92 Å². The number of nitrogens with zero attached hydrogens (tertiary/aromatic N) is 3. The van der Waals surface area contributed by atoms with Gasteiger partial charge in [-0.15, -0.1) is 10.2 Å². The first-order valence-electron chi connectivity index (χ1n) is 9.85. The Kier molecular flexibility index (Phi) is 6.30. The number of azo groups is 1. The number of nitrogens with one attached hydrogen (secondary N) is 1. The number of aromatic amines is 1. The lowest BCUT2D eigenvalue weighted by molar-refractivity contribution is -0.116. The van der Waals surface area contributed by atoms with E-state index in [2.05, 4.69) is 31.1 Å². The number of H-pyrrole nitrogens is 1. The molecule has 0 unspecified atom stereocenters. The van der Waals surface area contributed by atoms with Crippen LogP contribution in [0.15, 0.2) is 92.4 Å². The van der Waals surface area contributed by atoms with Crippen LogP contribution in [0.25, 0.3) is 10.9 Å². The number of rotatable bonds is 6. The number of hydrogen-bond donors (Lipinski definition) is 2. The monoisotopic (exact) mass is 526 g/mol. The van der Waals surface area contributed by atoms with E-state index in [4.69, 9.17) is 0 Å². The molecule has 0 aliphatic rings. The SMILES string of the molecule is Cc1cccc(N(CC(=O)N=Nc2c(O)[nH]c3ccc(Br)cc23)S(=O)(=O)c2ccccc2)c1. The molecule has 0 fully saturated rings. The number of halogens is 1. The lowest BCUT2D eigenvalue weighted by atomic mass is 10.2. The van der Waals surface area contributed by atoms with E-state index in [-0.39, 0.29) is 16.5 Å². The largest absolute Gasteiger partial charge is 0.493 e. The summed E-state index contributed by atoms with van der Waals surface area (Å²) < 4.78 is 28.4. The molecule has 0 radical (unpaired) electrons. The Morgan fingerprint density at radius 2 is 1.82 bits per heavy atom. The van der Waals surface area contributed by atoms with E-state index < -0.39 is 22.5 Å². The highest BCUT2D eigenvalue weighted by atomic mass is 79.9. The summed E-state index contributed by atoms with van der Waals surface area (Å²) in [5.74, 6) is -1.04. The molecule has 0 saturated heterocycles. The van der Waals surface area contributed by atoms with Gasteiger partial charge < -0.3 is 10.1 Å². The van der Waals surface area contributed by atoms with E-state index >= 15 is 0 Å². The number of aromatic nitrogens is 1. The third kappa shape index (κ3) is 4.81. The minimum atomic E-state index is -4.04. The van der Waals surface area contributed by atoms with Crippen LogP contribution in [0.3, 0.4) is 0 Å². The molecule has 1 aromatic heterocycles. The summed E-state index contributed by atoms with van der Waals surface area (Å²) in [4.78, 5) is 15.5. The van der Waals surface area contributed by atoms with E-state index in [0.29, 0.717) is 16.6 Å².